The number of halogens is 1. The van der Waals surface area contributed by atoms with Crippen LogP contribution in [0.25, 0.3) is 11.1 Å². The van der Waals surface area contributed by atoms with Gasteiger partial charge in [-0.15, -0.1) is 0 Å². The summed E-state index contributed by atoms with van der Waals surface area (Å²) in [6, 6.07) is 16.7. The maximum atomic E-state index is 14.7. The van der Waals surface area contributed by atoms with Crippen LogP contribution < -0.4 is 5.73 Å². The van der Waals surface area contributed by atoms with E-state index in [4.69, 9.17) is 15.0 Å². The predicted molar refractivity (Wildman–Crippen MR) is 114 cm³/mol. The highest BCUT2D eigenvalue weighted by atomic mass is 19.1. The lowest BCUT2D eigenvalue weighted by Gasteiger charge is -2.30. The number of ether oxygens (including phenoxy) is 1. The molecule has 2 unspecified atom stereocenters. The average molecular weight is 408 g/mol. The Kier molecular flexibility index (Phi) is 5.81. The summed E-state index contributed by atoms with van der Waals surface area (Å²) in [6.07, 6.45) is 0.00805. The molecule has 2 atom stereocenters. The summed E-state index contributed by atoms with van der Waals surface area (Å²) < 4.78 is 25.7. The smallest absolute Gasteiger partial charge is 0.191 e. The molecule has 0 spiro atoms. The number of benzene rings is 2. The number of hydrogen-bond acceptors (Lipinski definition) is 6. The average Bonchev–Trinajstić information content (AvgIpc) is 3.24. The monoisotopic (exact) mass is 408 g/mol. The van der Waals surface area contributed by atoms with Crippen molar-refractivity contribution in [2.75, 3.05) is 20.2 Å². The highest BCUT2D eigenvalue weighted by Crippen LogP contribution is 2.30. The number of nitrogens with zero attached hydrogens (tertiary/aromatic N) is 3. The summed E-state index contributed by atoms with van der Waals surface area (Å²) >= 11 is 0. The fourth-order valence-electron chi connectivity index (χ4n) is 3.61. The zero-order valence-electron chi connectivity index (χ0n) is 17.1. The van der Waals surface area contributed by atoms with Gasteiger partial charge in [0, 0.05) is 31.2 Å². The second-order valence-corrected chi connectivity index (χ2v) is 7.48. The molecule has 156 valence electrons. The molecule has 0 saturated carbocycles. The molecule has 0 saturated heterocycles. The number of aromatic nitrogens is 1. The van der Waals surface area contributed by atoms with Crippen LogP contribution in [0.2, 0.25) is 0 Å². The Labute approximate surface area is 175 Å². The molecule has 0 fully saturated rings. The maximum absolute atomic E-state index is 14.7. The minimum atomic E-state index is -0.256. The van der Waals surface area contributed by atoms with Crippen LogP contribution in [0, 0.1) is 5.82 Å². The minimum Gasteiger partial charge on any atom is -0.378 e. The lowest BCUT2D eigenvalue weighted by molar-refractivity contribution is 0.0793. The van der Waals surface area contributed by atoms with Gasteiger partial charge in [0.15, 0.2) is 5.96 Å². The third-order valence-electron chi connectivity index (χ3n) is 5.47. The predicted octanol–water partition coefficient (Wildman–Crippen LogP) is 3.78. The van der Waals surface area contributed by atoms with Gasteiger partial charge in [0.1, 0.15) is 17.3 Å². The van der Waals surface area contributed by atoms with E-state index in [2.05, 4.69) is 10.1 Å². The van der Waals surface area contributed by atoms with Crippen LogP contribution in [-0.4, -0.2) is 42.3 Å². The number of aliphatic imine (C=N–C) groups is 1. The largest absolute Gasteiger partial charge is 0.378 e. The first-order valence-corrected chi connectivity index (χ1v) is 9.93. The lowest BCUT2D eigenvalue weighted by Crippen LogP contribution is -2.47. The maximum Gasteiger partial charge on any atom is 0.191 e. The summed E-state index contributed by atoms with van der Waals surface area (Å²) in [4.78, 5) is 6.20. The minimum absolute atomic E-state index is 0.00805. The number of methoxy groups -OCH3 is 1. The molecular formula is C23H25FN4O2. The molecule has 4 rings (SSSR count). The van der Waals surface area contributed by atoms with E-state index < -0.39 is 0 Å². The fraction of sp³-hybridized carbons (Fsp3) is 0.304. The molecule has 30 heavy (non-hydrogen) atoms. The zero-order valence-corrected chi connectivity index (χ0v) is 17.1. The van der Waals surface area contributed by atoms with Gasteiger partial charge >= 0.3 is 0 Å². The van der Waals surface area contributed by atoms with Gasteiger partial charge in [0.2, 0.25) is 0 Å². The van der Waals surface area contributed by atoms with Crippen molar-refractivity contribution < 1.29 is 13.7 Å². The van der Waals surface area contributed by atoms with Crippen molar-refractivity contribution in [1.29, 1.82) is 0 Å². The van der Waals surface area contributed by atoms with E-state index in [1.165, 1.54) is 0 Å². The highest BCUT2D eigenvalue weighted by Gasteiger charge is 2.23. The molecule has 3 aromatic rings. The standard InChI is InChI=1S/C23H25FN4O2/c1-15(17-8-9-20(21(24)10-17)16-6-4-3-5-7-16)22-11-18(27-30-22)13-28-14-19(29-2)12-26-23(28)25/h3-11,15,19H,12-14H2,1-2H3,(H2,25,26). The van der Waals surface area contributed by atoms with Crippen LogP contribution in [-0.2, 0) is 11.3 Å². The number of guanidine groups is 1. The Hall–Kier alpha value is -3.19. The Balaban J connectivity index is 1.49. The van der Waals surface area contributed by atoms with Gasteiger partial charge in [-0.05, 0) is 17.2 Å². The van der Waals surface area contributed by atoms with E-state index in [0.717, 1.165) is 16.8 Å². The van der Waals surface area contributed by atoms with Crippen LogP contribution in [0.1, 0.15) is 29.9 Å². The van der Waals surface area contributed by atoms with Crippen molar-refractivity contribution in [3.05, 3.63) is 77.4 Å². The quantitative estimate of drug-likeness (QED) is 0.672. The molecule has 2 N–H and O–H groups in total. The first-order chi connectivity index (χ1) is 14.5. The summed E-state index contributed by atoms with van der Waals surface area (Å²) in [7, 11) is 1.66. The van der Waals surface area contributed by atoms with Crippen LogP contribution in [0.4, 0.5) is 4.39 Å². The van der Waals surface area contributed by atoms with Crippen LogP contribution in [0.3, 0.4) is 0 Å². The molecule has 1 aromatic heterocycles. The second kappa shape index (κ2) is 8.67. The van der Waals surface area contributed by atoms with E-state index in [0.29, 0.717) is 36.9 Å². The third kappa shape index (κ3) is 4.21. The first kappa shape index (κ1) is 20.1. The van der Waals surface area contributed by atoms with Gasteiger partial charge < -0.3 is 19.9 Å². The van der Waals surface area contributed by atoms with E-state index in [9.17, 15) is 4.39 Å². The Morgan fingerprint density at radius 1 is 1.23 bits per heavy atom. The van der Waals surface area contributed by atoms with Crippen molar-refractivity contribution in [2.24, 2.45) is 10.7 Å². The van der Waals surface area contributed by atoms with Crippen molar-refractivity contribution in [3.63, 3.8) is 0 Å². The number of hydrogen-bond donors (Lipinski definition) is 1. The summed E-state index contributed by atoms with van der Waals surface area (Å²) in [5.41, 5.74) is 9.01. The molecule has 1 aliphatic rings. The van der Waals surface area contributed by atoms with Crippen molar-refractivity contribution in [1.82, 2.24) is 10.1 Å². The SMILES string of the molecule is COC1CN=C(N)N(Cc2cc(C(C)c3ccc(-c4ccccc4)c(F)c3)on2)C1. The van der Waals surface area contributed by atoms with Gasteiger partial charge in [-0.25, -0.2) is 4.39 Å². The van der Waals surface area contributed by atoms with E-state index >= 15 is 0 Å². The summed E-state index contributed by atoms with van der Waals surface area (Å²) in [5.74, 6) is 0.755. The van der Waals surface area contributed by atoms with Gasteiger partial charge in [-0.3, -0.25) is 4.99 Å². The Morgan fingerprint density at radius 2 is 2.03 bits per heavy atom. The summed E-state index contributed by atoms with van der Waals surface area (Å²) in [5, 5.41) is 4.17. The number of nitrogens with two attached hydrogens (primary N) is 1. The van der Waals surface area contributed by atoms with Gasteiger partial charge in [-0.2, -0.15) is 0 Å². The van der Waals surface area contributed by atoms with E-state index in [1.54, 1.807) is 13.2 Å². The fourth-order valence-corrected chi connectivity index (χ4v) is 3.61. The summed E-state index contributed by atoms with van der Waals surface area (Å²) in [6.45, 7) is 3.66. The highest BCUT2D eigenvalue weighted by molar-refractivity contribution is 5.78. The zero-order chi connectivity index (χ0) is 21.1. The molecule has 0 amide bonds. The van der Waals surface area contributed by atoms with Crippen LogP contribution >= 0.6 is 0 Å². The molecule has 0 bridgehead atoms. The second-order valence-electron chi connectivity index (χ2n) is 7.48. The third-order valence-corrected chi connectivity index (χ3v) is 5.47. The topological polar surface area (TPSA) is 76.9 Å². The Bertz CT molecular complexity index is 1030. The lowest BCUT2D eigenvalue weighted by atomic mass is 9.95. The first-order valence-electron chi connectivity index (χ1n) is 9.93. The van der Waals surface area contributed by atoms with Crippen molar-refractivity contribution in [2.45, 2.75) is 25.5 Å². The van der Waals surface area contributed by atoms with Gasteiger partial charge in [-0.1, -0.05) is 54.5 Å². The molecule has 6 nitrogen and oxygen atoms in total. The van der Waals surface area contributed by atoms with Gasteiger partial charge in [0.25, 0.3) is 0 Å². The molecule has 7 heteroatoms. The van der Waals surface area contributed by atoms with Crippen molar-refractivity contribution >= 4 is 5.96 Å². The number of rotatable bonds is 6. The molecule has 1 aliphatic heterocycles. The van der Waals surface area contributed by atoms with Gasteiger partial charge in [0.05, 0.1) is 19.2 Å². The van der Waals surface area contributed by atoms with Crippen LogP contribution in [0.15, 0.2) is 64.1 Å². The molecule has 0 radical (unpaired) electrons. The van der Waals surface area contributed by atoms with Crippen molar-refractivity contribution in [3.8, 4) is 11.1 Å². The molecule has 2 aromatic carbocycles. The van der Waals surface area contributed by atoms with E-state index in [1.807, 2.05) is 60.4 Å². The van der Waals surface area contributed by atoms with E-state index in [-0.39, 0.29) is 17.8 Å². The normalized spacial score (nSPS) is 17.6. The molecule has 0 aliphatic carbocycles. The molecular weight excluding hydrogens is 383 g/mol. The Morgan fingerprint density at radius 3 is 2.77 bits per heavy atom. The molecule has 2 heterocycles. The van der Waals surface area contributed by atoms with Crippen LogP contribution in [0.5, 0.6) is 0 Å².